The molecule has 1 aromatic carbocycles. The molecule has 0 aliphatic carbocycles. The molecule has 19 heavy (non-hydrogen) atoms. The van der Waals surface area contributed by atoms with E-state index in [1.165, 1.54) is 6.07 Å². The molecule has 102 valence electrons. The summed E-state index contributed by atoms with van der Waals surface area (Å²) in [5, 5.41) is 27.9. The molecule has 2 aromatic rings. The van der Waals surface area contributed by atoms with Gasteiger partial charge in [0.15, 0.2) is 11.6 Å². The molecule has 5 nitrogen and oxygen atoms in total. The molecule has 0 spiro atoms. The number of hydrogen-bond donors (Lipinski definition) is 3. The molecule has 0 radical (unpaired) electrons. The molecule has 0 amide bonds. The number of hydrogen-bond acceptors (Lipinski definition) is 3. The van der Waals surface area contributed by atoms with E-state index >= 15 is 0 Å². The molecule has 0 saturated heterocycles. The van der Waals surface area contributed by atoms with Crippen LogP contribution in [0.4, 0.5) is 4.39 Å². The number of benzene rings is 1. The molecule has 2 rings (SSSR count). The van der Waals surface area contributed by atoms with E-state index in [0.29, 0.717) is 22.2 Å². The van der Waals surface area contributed by atoms with Crippen molar-refractivity contribution in [3.05, 3.63) is 29.2 Å². The van der Waals surface area contributed by atoms with Gasteiger partial charge in [-0.15, -0.1) is 0 Å². The lowest BCUT2D eigenvalue weighted by Gasteiger charge is -2.06. The van der Waals surface area contributed by atoms with Crippen molar-refractivity contribution < 1.29 is 24.5 Å². The van der Waals surface area contributed by atoms with E-state index in [2.05, 4.69) is 0 Å². The second-order valence-corrected chi connectivity index (χ2v) is 4.33. The number of fused-ring (bicyclic) bond motifs is 1. The summed E-state index contributed by atoms with van der Waals surface area (Å²) in [6.45, 7) is 1.81. The largest absolute Gasteiger partial charge is 0.505 e. The van der Waals surface area contributed by atoms with Crippen molar-refractivity contribution in [1.82, 2.24) is 4.57 Å². The number of aromatic nitrogens is 1. The molecule has 0 aliphatic rings. The fraction of sp³-hybridized carbons (Fsp3) is 0.308. The van der Waals surface area contributed by atoms with E-state index in [9.17, 15) is 14.3 Å². The van der Waals surface area contributed by atoms with Gasteiger partial charge in [-0.2, -0.15) is 0 Å². The highest BCUT2D eigenvalue weighted by atomic mass is 19.1. The monoisotopic (exact) mass is 267 g/mol. The fourth-order valence-corrected chi connectivity index (χ4v) is 2.32. The highest BCUT2D eigenvalue weighted by molar-refractivity contribution is 5.90. The van der Waals surface area contributed by atoms with Crippen LogP contribution in [0.25, 0.3) is 10.9 Å². The van der Waals surface area contributed by atoms with Gasteiger partial charge < -0.3 is 19.9 Å². The van der Waals surface area contributed by atoms with Gasteiger partial charge in [-0.1, -0.05) is 0 Å². The molecule has 0 bridgehead atoms. The number of rotatable bonds is 4. The van der Waals surface area contributed by atoms with Gasteiger partial charge in [-0.3, -0.25) is 4.79 Å². The number of aromatic hydroxyl groups is 1. The molecule has 0 fully saturated rings. The summed E-state index contributed by atoms with van der Waals surface area (Å²) < 4.78 is 15.1. The maximum Gasteiger partial charge on any atom is 0.307 e. The van der Waals surface area contributed by atoms with E-state index in [1.54, 1.807) is 11.5 Å². The summed E-state index contributed by atoms with van der Waals surface area (Å²) in [5.41, 5.74) is 1.64. The van der Waals surface area contributed by atoms with Crippen LogP contribution >= 0.6 is 0 Å². The average Bonchev–Trinajstić information content (AvgIpc) is 2.56. The number of carboxylic acid groups (broad SMARTS) is 1. The van der Waals surface area contributed by atoms with Crippen molar-refractivity contribution in [3.8, 4) is 5.75 Å². The minimum Gasteiger partial charge on any atom is -0.505 e. The third kappa shape index (κ3) is 2.26. The molecule has 1 heterocycles. The Labute approximate surface area is 108 Å². The zero-order chi connectivity index (χ0) is 14.2. The Hall–Kier alpha value is -2.08. The molecule has 0 saturated carbocycles. The van der Waals surface area contributed by atoms with Crippen LogP contribution in [0.15, 0.2) is 12.1 Å². The van der Waals surface area contributed by atoms with Gasteiger partial charge >= 0.3 is 5.97 Å². The lowest BCUT2D eigenvalue weighted by molar-refractivity contribution is -0.136. The van der Waals surface area contributed by atoms with Crippen LogP contribution in [0, 0.1) is 12.7 Å². The summed E-state index contributed by atoms with van der Waals surface area (Å²) in [5.74, 6) is -2.29. The number of carbonyl (C=O) groups is 1. The lowest BCUT2D eigenvalue weighted by atomic mass is 10.1. The Morgan fingerprint density at radius 1 is 1.42 bits per heavy atom. The Kier molecular flexibility index (Phi) is 3.44. The van der Waals surface area contributed by atoms with E-state index in [-0.39, 0.29) is 19.6 Å². The van der Waals surface area contributed by atoms with Crippen LogP contribution < -0.4 is 0 Å². The Bertz CT molecular complexity index is 648. The minimum absolute atomic E-state index is 0.139. The molecule has 3 N–H and O–H groups in total. The topological polar surface area (TPSA) is 82.7 Å². The van der Waals surface area contributed by atoms with Gasteiger partial charge in [0.05, 0.1) is 18.5 Å². The van der Waals surface area contributed by atoms with Gasteiger partial charge in [0.1, 0.15) is 0 Å². The maximum absolute atomic E-state index is 13.4. The molecule has 0 atom stereocenters. The first-order valence-electron chi connectivity index (χ1n) is 5.78. The molecule has 0 unspecified atom stereocenters. The average molecular weight is 267 g/mol. The number of carboxylic acids is 1. The van der Waals surface area contributed by atoms with Crippen LogP contribution in [0.1, 0.15) is 11.3 Å². The third-order valence-corrected chi connectivity index (χ3v) is 3.17. The molecule has 1 aromatic heterocycles. The first kappa shape index (κ1) is 13.4. The minimum atomic E-state index is -1.00. The predicted molar refractivity (Wildman–Crippen MR) is 66.7 cm³/mol. The Morgan fingerprint density at radius 2 is 2.11 bits per heavy atom. The van der Waals surface area contributed by atoms with Crippen LogP contribution in [-0.4, -0.2) is 32.5 Å². The number of aliphatic hydroxyl groups is 1. The van der Waals surface area contributed by atoms with Crippen molar-refractivity contribution in [2.75, 3.05) is 6.61 Å². The SMILES string of the molecule is Cc1c(CC(=O)O)c2cc(O)c(F)cc2n1CCO. The molecular weight excluding hydrogens is 253 g/mol. The van der Waals surface area contributed by atoms with Crippen LogP contribution in [-0.2, 0) is 17.8 Å². The second-order valence-electron chi connectivity index (χ2n) is 4.33. The fourth-order valence-electron chi connectivity index (χ4n) is 2.32. The van der Waals surface area contributed by atoms with Gasteiger partial charge in [0.2, 0.25) is 0 Å². The number of aliphatic hydroxyl groups excluding tert-OH is 1. The zero-order valence-corrected chi connectivity index (χ0v) is 10.4. The van der Waals surface area contributed by atoms with Gasteiger partial charge in [-0.25, -0.2) is 4.39 Å². The highest BCUT2D eigenvalue weighted by Gasteiger charge is 2.18. The third-order valence-electron chi connectivity index (χ3n) is 3.17. The number of halogens is 1. The van der Waals surface area contributed by atoms with E-state index in [1.807, 2.05) is 0 Å². The van der Waals surface area contributed by atoms with Crippen molar-refractivity contribution >= 4 is 16.9 Å². The van der Waals surface area contributed by atoms with Gasteiger partial charge in [0, 0.05) is 23.7 Å². The quantitative estimate of drug-likeness (QED) is 0.782. The number of phenolic OH excluding ortho intramolecular Hbond substituents is 1. The summed E-state index contributed by atoms with van der Waals surface area (Å²) in [7, 11) is 0. The van der Waals surface area contributed by atoms with Crippen LogP contribution in [0.3, 0.4) is 0 Å². The maximum atomic E-state index is 13.4. The predicted octanol–water partition coefficient (Wildman–Crippen LogP) is 1.41. The Morgan fingerprint density at radius 3 is 2.68 bits per heavy atom. The highest BCUT2D eigenvalue weighted by Crippen LogP contribution is 2.31. The standard InChI is InChI=1S/C13H14FNO4/c1-7-8(5-13(18)19)9-4-12(17)10(14)6-11(9)15(7)2-3-16/h4,6,16-17H,2-3,5H2,1H3,(H,18,19). The van der Waals surface area contributed by atoms with Gasteiger partial charge in [-0.05, 0) is 18.6 Å². The Balaban J connectivity index is 2.76. The normalized spacial score (nSPS) is 11.1. The van der Waals surface area contributed by atoms with E-state index in [4.69, 9.17) is 10.2 Å². The lowest BCUT2D eigenvalue weighted by Crippen LogP contribution is -2.06. The molecular formula is C13H14FNO4. The summed E-state index contributed by atoms with van der Waals surface area (Å²) in [6.07, 6.45) is -0.216. The summed E-state index contributed by atoms with van der Waals surface area (Å²) >= 11 is 0. The van der Waals surface area contributed by atoms with Crippen molar-refractivity contribution in [3.63, 3.8) is 0 Å². The summed E-state index contributed by atoms with van der Waals surface area (Å²) in [4.78, 5) is 10.9. The van der Waals surface area contributed by atoms with Crippen LogP contribution in [0.5, 0.6) is 5.75 Å². The number of phenols is 1. The molecule has 6 heteroatoms. The second kappa shape index (κ2) is 4.89. The van der Waals surface area contributed by atoms with Crippen molar-refractivity contribution in [2.24, 2.45) is 0 Å². The zero-order valence-electron chi connectivity index (χ0n) is 10.4. The molecule has 0 aliphatic heterocycles. The first-order valence-corrected chi connectivity index (χ1v) is 5.78. The first-order chi connectivity index (χ1) is 8.95. The van der Waals surface area contributed by atoms with E-state index < -0.39 is 17.5 Å². The van der Waals surface area contributed by atoms with Crippen molar-refractivity contribution in [1.29, 1.82) is 0 Å². The van der Waals surface area contributed by atoms with Crippen molar-refractivity contribution in [2.45, 2.75) is 19.9 Å². The van der Waals surface area contributed by atoms with Crippen LogP contribution in [0.2, 0.25) is 0 Å². The number of aliphatic carboxylic acids is 1. The van der Waals surface area contributed by atoms with E-state index in [0.717, 1.165) is 6.07 Å². The summed E-state index contributed by atoms with van der Waals surface area (Å²) in [6, 6.07) is 2.38. The number of nitrogens with zero attached hydrogens (tertiary/aromatic N) is 1. The van der Waals surface area contributed by atoms with Gasteiger partial charge in [0.25, 0.3) is 0 Å². The smallest absolute Gasteiger partial charge is 0.307 e.